The molecule has 0 saturated heterocycles. The van der Waals surface area contributed by atoms with Crippen LogP contribution in [-0.2, 0) is 12.7 Å². The number of aromatic hydroxyl groups is 1. The number of pyridine rings is 1. The summed E-state index contributed by atoms with van der Waals surface area (Å²) in [7, 11) is 0. The minimum absolute atomic E-state index is 0.157. The van der Waals surface area contributed by atoms with E-state index >= 15 is 0 Å². The first-order valence-electron chi connectivity index (χ1n) is 9.73. The molecule has 3 aromatic rings. The van der Waals surface area contributed by atoms with Gasteiger partial charge in [-0.3, -0.25) is 4.90 Å². The van der Waals surface area contributed by atoms with Gasteiger partial charge >= 0.3 is 6.18 Å². The van der Waals surface area contributed by atoms with E-state index in [1.54, 1.807) is 18.2 Å². The van der Waals surface area contributed by atoms with Crippen molar-refractivity contribution in [3.63, 3.8) is 0 Å². The quantitative estimate of drug-likeness (QED) is 0.590. The summed E-state index contributed by atoms with van der Waals surface area (Å²) >= 11 is 0. The first kappa shape index (κ1) is 20.2. The summed E-state index contributed by atoms with van der Waals surface area (Å²) in [6.07, 6.45) is 2.51. The van der Waals surface area contributed by atoms with Crippen LogP contribution in [0.1, 0.15) is 23.2 Å². The van der Waals surface area contributed by atoms with Crippen LogP contribution in [0, 0.1) is 0 Å². The maximum Gasteiger partial charge on any atom is 0.416 e. The van der Waals surface area contributed by atoms with Gasteiger partial charge in [0.05, 0.1) is 11.3 Å². The van der Waals surface area contributed by atoms with E-state index in [4.69, 9.17) is 0 Å². The van der Waals surface area contributed by atoms with Gasteiger partial charge in [0, 0.05) is 25.0 Å². The fourth-order valence-electron chi connectivity index (χ4n) is 3.56. The average molecular weight is 410 g/mol. The summed E-state index contributed by atoms with van der Waals surface area (Å²) in [4.78, 5) is 6.62. The number of hydrogen-bond donors (Lipinski definition) is 1. The SMILES string of the molecule is Oc1cccc2ccc(C=CC3=CCN(Cc4cccc(C(F)(F)F)c4)CC3)nc12. The Bertz CT molecular complexity index is 1120. The second-order valence-electron chi connectivity index (χ2n) is 7.38. The van der Waals surface area contributed by atoms with Crippen LogP contribution in [-0.4, -0.2) is 28.1 Å². The minimum Gasteiger partial charge on any atom is -0.506 e. The number of hydrogen-bond acceptors (Lipinski definition) is 3. The van der Waals surface area contributed by atoms with Crippen molar-refractivity contribution in [3.05, 3.63) is 89.1 Å². The van der Waals surface area contributed by atoms with Gasteiger partial charge in [0.15, 0.2) is 0 Å². The molecule has 0 amide bonds. The largest absolute Gasteiger partial charge is 0.506 e. The van der Waals surface area contributed by atoms with Crippen LogP contribution in [0.4, 0.5) is 13.2 Å². The lowest BCUT2D eigenvalue weighted by molar-refractivity contribution is -0.137. The molecule has 0 fully saturated rings. The smallest absolute Gasteiger partial charge is 0.416 e. The molecule has 0 aliphatic carbocycles. The molecular formula is C24H21F3N2O. The van der Waals surface area contributed by atoms with E-state index in [9.17, 15) is 18.3 Å². The van der Waals surface area contributed by atoms with E-state index < -0.39 is 11.7 Å². The van der Waals surface area contributed by atoms with E-state index in [0.29, 0.717) is 24.2 Å². The van der Waals surface area contributed by atoms with E-state index in [1.165, 1.54) is 12.1 Å². The fraction of sp³-hybridized carbons (Fsp3) is 0.208. The Morgan fingerprint density at radius 1 is 1.03 bits per heavy atom. The normalized spacial score (nSPS) is 15.6. The fourth-order valence-corrected chi connectivity index (χ4v) is 3.56. The number of nitrogens with zero attached hydrogens (tertiary/aromatic N) is 2. The zero-order chi connectivity index (χ0) is 21.1. The van der Waals surface area contributed by atoms with Gasteiger partial charge < -0.3 is 5.11 Å². The molecule has 154 valence electrons. The number of phenolic OH excluding ortho intramolecular Hbond substituents is 1. The predicted octanol–water partition coefficient (Wildman–Crippen LogP) is 5.80. The first-order chi connectivity index (χ1) is 14.4. The van der Waals surface area contributed by atoms with E-state index in [2.05, 4.69) is 16.0 Å². The Morgan fingerprint density at radius 2 is 1.87 bits per heavy atom. The summed E-state index contributed by atoms with van der Waals surface area (Å²) in [5, 5.41) is 10.8. The van der Waals surface area contributed by atoms with Gasteiger partial charge in [-0.2, -0.15) is 13.2 Å². The van der Waals surface area contributed by atoms with Gasteiger partial charge in [0.25, 0.3) is 0 Å². The number of phenols is 1. The molecule has 1 aliphatic heterocycles. The molecule has 0 radical (unpaired) electrons. The van der Waals surface area contributed by atoms with Gasteiger partial charge in [-0.1, -0.05) is 48.6 Å². The maximum absolute atomic E-state index is 12.9. The lowest BCUT2D eigenvalue weighted by Gasteiger charge is -2.25. The number of para-hydroxylation sites is 1. The van der Waals surface area contributed by atoms with Gasteiger partial charge in [0.2, 0.25) is 0 Å². The number of fused-ring (bicyclic) bond motifs is 1. The number of halogens is 3. The van der Waals surface area contributed by atoms with Crippen molar-refractivity contribution < 1.29 is 18.3 Å². The summed E-state index contributed by atoms with van der Waals surface area (Å²) in [6.45, 7) is 1.95. The van der Waals surface area contributed by atoms with Crippen LogP contribution >= 0.6 is 0 Å². The highest BCUT2D eigenvalue weighted by Gasteiger charge is 2.30. The highest BCUT2D eigenvalue weighted by molar-refractivity contribution is 5.85. The third-order valence-corrected chi connectivity index (χ3v) is 5.18. The molecule has 30 heavy (non-hydrogen) atoms. The maximum atomic E-state index is 12.9. The molecule has 2 aromatic carbocycles. The Hall–Kier alpha value is -3.12. The molecule has 0 atom stereocenters. The van der Waals surface area contributed by atoms with Crippen LogP contribution in [0.15, 0.2) is 72.3 Å². The van der Waals surface area contributed by atoms with Crippen molar-refractivity contribution in [2.45, 2.75) is 19.1 Å². The number of aromatic nitrogens is 1. The third-order valence-electron chi connectivity index (χ3n) is 5.18. The Morgan fingerprint density at radius 3 is 2.63 bits per heavy atom. The molecule has 4 rings (SSSR count). The standard InChI is InChI=1S/C24H21F3N2O/c25-24(26,27)20-5-1-3-18(15-20)16-29-13-11-17(12-14-29)7-9-21-10-8-19-4-2-6-22(30)23(19)28-21/h1-11,15,30H,12-14,16H2. The Kier molecular flexibility index (Phi) is 5.59. The van der Waals surface area contributed by atoms with Crippen molar-refractivity contribution in [2.75, 3.05) is 13.1 Å². The molecule has 0 saturated carbocycles. The second kappa shape index (κ2) is 8.32. The van der Waals surface area contributed by atoms with Crippen molar-refractivity contribution in [2.24, 2.45) is 0 Å². The lowest BCUT2D eigenvalue weighted by atomic mass is 10.1. The predicted molar refractivity (Wildman–Crippen MR) is 112 cm³/mol. The van der Waals surface area contributed by atoms with Crippen molar-refractivity contribution in [3.8, 4) is 5.75 Å². The summed E-state index contributed by atoms with van der Waals surface area (Å²) in [5.74, 6) is 0.157. The number of benzene rings is 2. The molecule has 1 N–H and O–H groups in total. The van der Waals surface area contributed by atoms with Gasteiger partial charge in [0.1, 0.15) is 11.3 Å². The van der Waals surface area contributed by atoms with Crippen LogP contribution < -0.4 is 0 Å². The molecule has 0 bridgehead atoms. The number of rotatable bonds is 4. The van der Waals surface area contributed by atoms with E-state index in [-0.39, 0.29) is 5.75 Å². The average Bonchev–Trinajstić information content (AvgIpc) is 2.73. The molecule has 6 heteroatoms. The zero-order valence-corrected chi connectivity index (χ0v) is 16.2. The van der Waals surface area contributed by atoms with Crippen LogP contribution in [0.2, 0.25) is 0 Å². The molecular weight excluding hydrogens is 389 g/mol. The monoisotopic (exact) mass is 410 g/mol. The minimum atomic E-state index is -4.32. The van der Waals surface area contributed by atoms with Gasteiger partial charge in [-0.15, -0.1) is 0 Å². The highest BCUT2D eigenvalue weighted by Crippen LogP contribution is 2.30. The Labute approximate surface area is 172 Å². The topological polar surface area (TPSA) is 36.4 Å². The molecule has 1 aromatic heterocycles. The molecule has 1 aliphatic rings. The number of alkyl halides is 3. The molecule has 0 unspecified atom stereocenters. The second-order valence-corrected chi connectivity index (χ2v) is 7.38. The van der Waals surface area contributed by atoms with Crippen LogP contribution in [0.25, 0.3) is 17.0 Å². The molecule has 3 nitrogen and oxygen atoms in total. The van der Waals surface area contributed by atoms with E-state index in [0.717, 1.165) is 35.7 Å². The zero-order valence-electron chi connectivity index (χ0n) is 16.2. The van der Waals surface area contributed by atoms with Crippen molar-refractivity contribution in [1.29, 1.82) is 0 Å². The number of allylic oxidation sites excluding steroid dienone is 1. The van der Waals surface area contributed by atoms with Crippen molar-refractivity contribution >= 4 is 17.0 Å². The summed E-state index contributed by atoms with van der Waals surface area (Å²) in [5.41, 5.74) is 2.55. The van der Waals surface area contributed by atoms with E-state index in [1.807, 2.05) is 30.4 Å². The summed E-state index contributed by atoms with van der Waals surface area (Å²) < 4.78 is 38.6. The summed E-state index contributed by atoms with van der Waals surface area (Å²) in [6, 6.07) is 14.6. The highest BCUT2D eigenvalue weighted by atomic mass is 19.4. The first-order valence-corrected chi connectivity index (χ1v) is 9.73. The van der Waals surface area contributed by atoms with Crippen LogP contribution in [0.3, 0.4) is 0 Å². The molecule has 0 spiro atoms. The van der Waals surface area contributed by atoms with Gasteiger partial charge in [-0.25, -0.2) is 4.98 Å². The van der Waals surface area contributed by atoms with Crippen molar-refractivity contribution in [1.82, 2.24) is 9.88 Å². The third kappa shape index (κ3) is 4.71. The Balaban J connectivity index is 1.40. The lowest BCUT2D eigenvalue weighted by Crippen LogP contribution is -2.28. The van der Waals surface area contributed by atoms with Crippen LogP contribution in [0.5, 0.6) is 5.75 Å². The van der Waals surface area contributed by atoms with Gasteiger partial charge in [-0.05, 0) is 41.8 Å². The molecule has 2 heterocycles.